The predicted molar refractivity (Wildman–Crippen MR) is 98.1 cm³/mol. The fourth-order valence-corrected chi connectivity index (χ4v) is 2.66. The molecule has 0 atom stereocenters. The molecule has 1 N–H and O–H groups in total. The molecule has 0 aliphatic carbocycles. The Balaban J connectivity index is 1.57. The van der Waals surface area contributed by atoms with Crippen LogP contribution in [0.2, 0.25) is 0 Å². The van der Waals surface area contributed by atoms with Crippen LogP contribution in [0.3, 0.4) is 0 Å². The van der Waals surface area contributed by atoms with Crippen LogP contribution in [0, 0.1) is 0 Å². The highest BCUT2D eigenvalue weighted by Gasteiger charge is 2.11. The van der Waals surface area contributed by atoms with Gasteiger partial charge in [-0.25, -0.2) is 9.97 Å². The number of carbonyl (C=O) groups is 1. The number of nitrogens with zero attached hydrogens (tertiary/aromatic N) is 4. The number of rotatable bonds is 3. The van der Waals surface area contributed by atoms with Gasteiger partial charge in [-0.2, -0.15) is 0 Å². The first kappa shape index (κ1) is 15.8. The largest absolute Gasteiger partial charge is 0.322 e. The number of imidazole rings is 1. The lowest BCUT2D eigenvalue weighted by Crippen LogP contribution is -2.26. The number of amides is 1. The summed E-state index contributed by atoms with van der Waals surface area (Å²) >= 11 is 0. The minimum absolute atomic E-state index is 0.102. The summed E-state index contributed by atoms with van der Waals surface area (Å²) in [6.07, 6.45) is 7.08. The molecule has 7 nitrogen and oxygen atoms in total. The van der Waals surface area contributed by atoms with Crippen molar-refractivity contribution in [2.75, 3.05) is 5.32 Å². The number of hydrogen-bond acceptors (Lipinski definition) is 4. The SMILES string of the molecule is Cn1cccc(C(=O)Nc2ccc(-c3cn4cccnc4n3)cc2)c1=O. The average Bonchev–Trinajstić information content (AvgIpc) is 3.08. The van der Waals surface area contributed by atoms with Crippen molar-refractivity contribution < 1.29 is 4.79 Å². The average molecular weight is 345 g/mol. The van der Waals surface area contributed by atoms with Crippen LogP contribution in [-0.4, -0.2) is 24.8 Å². The number of pyridine rings is 1. The molecule has 1 aromatic carbocycles. The number of benzene rings is 1. The zero-order valence-electron chi connectivity index (χ0n) is 14.0. The van der Waals surface area contributed by atoms with E-state index in [0.29, 0.717) is 11.5 Å². The molecule has 3 aromatic heterocycles. The first-order valence-electron chi connectivity index (χ1n) is 7.99. The van der Waals surface area contributed by atoms with Crippen LogP contribution >= 0.6 is 0 Å². The Hall–Kier alpha value is -3.74. The van der Waals surface area contributed by atoms with Gasteiger partial charge in [-0.3, -0.25) is 14.0 Å². The van der Waals surface area contributed by atoms with Crippen molar-refractivity contribution >= 4 is 17.4 Å². The van der Waals surface area contributed by atoms with Gasteiger partial charge in [0.05, 0.1) is 5.69 Å². The van der Waals surface area contributed by atoms with Crippen molar-refractivity contribution in [2.45, 2.75) is 0 Å². The van der Waals surface area contributed by atoms with E-state index in [0.717, 1.165) is 11.3 Å². The molecule has 128 valence electrons. The second-order valence-electron chi connectivity index (χ2n) is 5.82. The van der Waals surface area contributed by atoms with Crippen LogP contribution in [0.1, 0.15) is 10.4 Å². The van der Waals surface area contributed by atoms with Crippen LogP contribution < -0.4 is 10.9 Å². The van der Waals surface area contributed by atoms with Crippen molar-refractivity contribution in [1.29, 1.82) is 0 Å². The van der Waals surface area contributed by atoms with Gasteiger partial charge in [0, 0.05) is 43.1 Å². The van der Waals surface area contributed by atoms with Gasteiger partial charge in [-0.1, -0.05) is 12.1 Å². The topological polar surface area (TPSA) is 81.3 Å². The lowest BCUT2D eigenvalue weighted by atomic mass is 10.1. The van der Waals surface area contributed by atoms with Crippen LogP contribution in [0.15, 0.2) is 72.0 Å². The smallest absolute Gasteiger partial charge is 0.263 e. The Morgan fingerprint density at radius 1 is 1.08 bits per heavy atom. The highest BCUT2D eigenvalue weighted by Crippen LogP contribution is 2.21. The van der Waals surface area contributed by atoms with Crippen molar-refractivity contribution in [2.24, 2.45) is 7.05 Å². The molecular weight excluding hydrogens is 330 g/mol. The van der Waals surface area contributed by atoms with Gasteiger partial charge in [-0.15, -0.1) is 0 Å². The number of nitrogens with one attached hydrogen (secondary N) is 1. The summed E-state index contributed by atoms with van der Waals surface area (Å²) in [6, 6.07) is 12.3. The van der Waals surface area contributed by atoms with Crippen LogP contribution in [0.4, 0.5) is 5.69 Å². The lowest BCUT2D eigenvalue weighted by Gasteiger charge is -2.06. The van der Waals surface area contributed by atoms with Gasteiger partial charge in [-0.05, 0) is 30.3 Å². The molecule has 0 unspecified atom stereocenters. The van der Waals surface area contributed by atoms with Gasteiger partial charge in [0.2, 0.25) is 5.78 Å². The van der Waals surface area contributed by atoms with E-state index in [1.165, 1.54) is 10.6 Å². The van der Waals surface area contributed by atoms with Crippen molar-refractivity contribution in [1.82, 2.24) is 18.9 Å². The first-order chi connectivity index (χ1) is 12.6. The molecule has 1 amide bonds. The van der Waals surface area contributed by atoms with Crippen molar-refractivity contribution in [3.8, 4) is 11.3 Å². The van der Waals surface area contributed by atoms with Gasteiger partial charge in [0.15, 0.2) is 0 Å². The van der Waals surface area contributed by atoms with E-state index in [1.807, 2.05) is 35.0 Å². The van der Waals surface area contributed by atoms with Crippen LogP contribution in [0.5, 0.6) is 0 Å². The quantitative estimate of drug-likeness (QED) is 0.618. The molecule has 4 rings (SSSR count). The molecular formula is C19H15N5O2. The molecule has 3 heterocycles. The highest BCUT2D eigenvalue weighted by molar-refractivity contribution is 6.04. The normalized spacial score (nSPS) is 10.8. The van der Waals surface area contributed by atoms with Gasteiger partial charge >= 0.3 is 0 Å². The third-order valence-corrected chi connectivity index (χ3v) is 4.04. The molecule has 0 aliphatic heterocycles. The zero-order chi connectivity index (χ0) is 18.1. The number of anilines is 1. The molecule has 0 spiro atoms. The van der Waals surface area contributed by atoms with Crippen molar-refractivity contribution in [3.63, 3.8) is 0 Å². The second-order valence-corrected chi connectivity index (χ2v) is 5.82. The summed E-state index contributed by atoms with van der Waals surface area (Å²) in [6.45, 7) is 0. The summed E-state index contributed by atoms with van der Waals surface area (Å²) in [7, 11) is 1.61. The van der Waals surface area contributed by atoms with Crippen molar-refractivity contribution in [3.05, 3.63) is 83.2 Å². The molecule has 4 aromatic rings. The molecule has 26 heavy (non-hydrogen) atoms. The third kappa shape index (κ3) is 2.86. The molecule has 0 bridgehead atoms. The van der Waals surface area contributed by atoms with E-state index in [4.69, 9.17) is 0 Å². The van der Waals surface area contributed by atoms with E-state index < -0.39 is 5.91 Å². The predicted octanol–water partition coefficient (Wildman–Crippen LogP) is 2.35. The molecule has 0 fully saturated rings. The molecule has 0 radical (unpaired) electrons. The van der Waals surface area contributed by atoms with E-state index in [2.05, 4.69) is 15.3 Å². The molecule has 0 saturated carbocycles. The molecule has 0 saturated heterocycles. The maximum absolute atomic E-state index is 12.3. The molecule has 0 aliphatic rings. The fraction of sp³-hybridized carbons (Fsp3) is 0.0526. The minimum Gasteiger partial charge on any atom is -0.322 e. The van der Waals surface area contributed by atoms with E-state index in [9.17, 15) is 9.59 Å². The van der Waals surface area contributed by atoms with Crippen LogP contribution in [-0.2, 0) is 7.05 Å². The summed E-state index contributed by atoms with van der Waals surface area (Å²) in [4.78, 5) is 33.0. The third-order valence-electron chi connectivity index (χ3n) is 4.04. The number of fused-ring (bicyclic) bond motifs is 1. The standard InChI is InChI=1S/C19H15N5O2/c1-23-10-2-4-15(18(23)26)17(25)21-14-7-5-13(6-8-14)16-12-24-11-3-9-20-19(24)22-16/h2-12H,1H3,(H,21,25). The first-order valence-corrected chi connectivity index (χ1v) is 7.99. The number of aromatic nitrogens is 4. The summed E-state index contributed by atoms with van der Waals surface area (Å²) in [5, 5.41) is 2.74. The van der Waals surface area contributed by atoms with E-state index >= 15 is 0 Å². The monoisotopic (exact) mass is 345 g/mol. The maximum Gasteiger partial charge on any atom is 0.263 e. The second kappa shape index (κ2) is 6.29. The number of hydrogen-bond donors (Lipinski definition) is 1. The van der Waals surface area contributed by atoms with E-state index in [1.54, 1.807) is 37.6 Å². The Morgan fingerprint density at radius 3 is 2.65 bits per heavy atom. The summed E-state index contributed by atoms with van der Waals surface area (Å²) in [5.41, 5.74) is 2.07. The van der Waals surface area contributed by atoms with Crippen LogP contribution in [0.25, 0.3) is 17.0 Å². The Kier molecular flexibility index (Phi) is 3.81. The number of carbonyl (C=O) groups excluding carboxylic acids is 1. The van der Waals surface area contributed by atoms with Gasteiger partial charge in [0.25, 0.3) is 11.5 Å². The fourth-order valence-electron chi connectivity index (χ4n) is 2.66. The van der Waals surface area contributed by atoms with Gasteiger partial charge in [0.1, 0.15) is 5.56 Å². The van der Waals surface area contributed by atoms with E-state index in [-0.39, 0.29) is 11.1 Å². The number of aryl methyl sites for hydroxylation is 1. The highest BCUT2D eigenvalue weighted by atomic mass is 16.2. The Labute approximate surface area is 148 Å². The Bertz CT molecular complexity index is 1130. The minimum atomic E-state index is -0.434. The summed E-state index contributed by atoms with van der Waals surface area (Å²) in [5.74, 6) is 0.190. The van der Waals surface area contributed by atoms with Gasteiger partial charge < -0.3 is 9.88 Å². The zero-order valence-corrected chi connectivity index (χ0v) is 14.0. The lowest BCUT2D eigenvalue weighted by molar-refractivity contribution is 0.102. The molecule has 7 heteroatoms. The maximum atomic E-state index is 12.3. The Morgan fingerprint density at radius 2 is 1.88 bits per heavy atom. The summed E-state index contributed by atoms with van der Waals surface area (Å²) < 4.78 is 3.21.